The first kappa shape index (κ1) is 54.1. The molecule has 0 spiro atoms. The molecule has 0 bridgehead atoms. The molecule has 4 aliphatic heterocycles. The zero-order valence-electron chi connectivity index (χ0n) is 52.2. The molecule has 0 saturated heterocycles. The van der Waals surface area contributed by atoms with Crippen LogP contribution < -0.4 is 62.0 Å². The highest BCUT2D eigenvalue weighted by molar-refractivity contribution is 7.02. The first-order valence-corrected chi connectivity index (χ1v) is 33.1. The fourth-order valence-corrected chi connectivity index (χ4v) is 16.1. The lowest BCUT2D eigenvalue weighted by molar-refractivity contribution is 0.488. The first-order valence-electron chi connectivity index (χ1n) is 33.1. The van der Waals surface area contributed by atoms with Gasteiger partial charge in [0.2, 0.25) is 0 Å². The number of ether oxygens (including phenoxy) is 1. The molecule has 0 radical (unpaired) electrons. The molecule has 0 unspecified atom stereocenters. The lowest BCUT2D eigenvalue weighted by Crippen LogP contribution is -2.64. The van der Waals surface area contributed by atoms with Crippen molar-refractivity contribution in [2.75, 3.05) is 24.5 Å². The molecule has 20 rings (SSSR count). The second-order valence-electron chi connectivity index (χ2n) is 25.6. The number of hydrogen-bond acceptors (Lipinski definition) is 6. The van der Waals surface area contributed by atoms with E-state index in [0.29, 0.717) is 0 Å². The molecule has 0 aliphatic carbocycles. The van der Waals surface area contributed by atoms with E-state index in [1.54, 1.807) is 0 Å². The summed E-state index contributed by atoms with van der Waals surface area (Å²) in [5.74, 6) is 1.64. The number of hydrogen-bond donors (Lipinski definition) is 0. The van der Waals surface area contributed by atoms with Gasteiger partial charge in [-0.3, -0.25) is 0 Å². The van der Waals surface area contributed by atoms with Crippen LogP contribution in [-0.2, 0) is 0 Å². The number of para-hydroxylation sites is 5. The molecule has 6 nitrogen and oxygen atoms in total. The van der Waals surface area contributed by atoms with Gasteiger partial charge < -0.3 is 29.2 Å². The van der Waals surface area contributed by atoms with Crippen molar-refractivity contribution in [3.63, 3.8) is 0 Å². The van der Waals surface area contributed by atoms with Crippen molar-refractivity contribution >= 4 is 175 Å². The van der Waals surface area contributed by atoms with Crippen LogP contribution >= 0.6 is 0 Å². The van der Waals surface area contributed by atoms with Crippen molar-refractivity contribution in [2.45, 2.75) is 0 Å². The predicted molar refractivity (Wildman–Crippen MR) is 406 cm³/mol. The van der Waals surface area contributed by atoms with Gasteiger partial charge in [0.1, 0.15) is 11.5 Å². The molecule has 16 aromatic rings. The van der Waals surface area contributed by atoms with E-state index in [1.165, 1.54) is 64.9 Å². The molecular weight excluding hydrogens is 1160 g/mol. The van der Waals surface area contributed by atoms with Gasteiger partial charge in [0.05, 0.1) is 11.4 Å². The van der Waals surface area contributed by atoms with Crippen molar-refractivity contribution in [1.82, 2.24) is 0 Å². The summed E-state index contributed by atoms with van der Waals surface area (Å²) in [6.07, 6.45) is 0. The molecule has 446 valence electrons. The smallest absolute Gasteiger partial charge is 0.256 e. The van der Waals surface area contributed by atoms with Gasteiger partial charge >= 0.3 is 0 Å². The SMILES string of the molecule is c1ccc(N(c2ccccc2)c2cc3c4c(c2)N(c2ccc5ccccc5c2)c2cc5ccccc5cc2B4c2cc4c(cc2O3)N(c2ccccc2)c2cc(N(c3ccccc3)c3ccccc3)cc3c2B4c2cc4ccccc4cc2N3c2ccc3ccccc3c2)cc1. The van der Waals surface area contributed by atoms with Crippen LogP contribution in [-0.4, -0.2) is 13.4 Å². The van der Waals surface area contributed by atoms with E-state index in [1.807, 2.05) is 0 Å². The topological polar surface area (TPSA) is 25.4 Å². The summed E-state index contributed by atoms with van der Waals surface area (Å²) in [7, 11) is 0. The van der Waals surface area contributed by atoms with Crippen LogP contribution in [0, 0.1) is 0 Å². The number of fused-ring (bicyclic) bond motifs is 12. The Morgan fingerprint density at radius 2 is 0.542 bits per heavy atom. The number of anilines is 15. The summed E-state index contributed by atoms with van der Waals surface area (Å²) in [6.45, 7) is -0.478. The van der Waals surface area contributed by atoms with Crippen LogP contribution in [0.5, 0.6) is 11.5 Å². The Hall–Kier alpha value is -12.5. The van der Waals surface area contributed by atoms with Gasteiger partial charge in [0.25, 0.3) is 13.4 Å². The lowest BCUT2D eigenvalue weighted by Gasteiger charge is -2.46. The zero-order chi connectivity index (χ0) is 63.0. The van der Waals surface area contributed by atoms with Crippen molar-refractivity contribution in [3.8, 4) is 11.5 Å². The Kier molecular flexibility index (Phi) is 12.1. The molecule has 8 heteroatoms. The molecule has 0 fully saturated rings. The average Bonchev–Trinajstić information content (AvgIpc) is 0.688. The molecule has 4 aliphatic rings. The summed E-state index contributed by atoms with van der Waals surface area (Å²) in [5.41, 5.74) is 23.2. The Morgan fingerprint density at radius 1 is 0.208 bits per heavy atom. The first-order chi connectivity index (χ1) is 47.6. The third-order valence-corrected chi connectivity index (χ3v) is 20.2. The van der Waals surface area contributed by atoms with Gasteiger partial charge in [0.15, 0.2) is 0 Å². The summed E-state index contributed by atoms with van der Waals surface area (Å²) >= 11 is 0. The minimum Gasteiger partial charge on any atom is -0.458 e. The minimum absolute atomic E-state index is 0.232. The Labute approximate surface area is 557 Å². The molecule has 0 N–H and O–H groups in total. The van der Waals surface area contributed by atoms with Gasteiger partial charge in [-0.05, 0) is 191 Å². The van der Waals surface area contributed by atoms with Crippen LogP contribution in [0.25, 0.3) is 43.1 Å². The van der Waals surface area contributed by atoms with E-state index in [9.17, 15) is 0 Å². The average molecular weight is 1220 g/mol. The van der Waals surface area contributed by atoms with E-state index < -0.39 is 0 Å². The maximum atomic E-state index is 7.91. The third kappa shape index (κ3) is 8.48. The van der Waals surface area contributed by atoms with Gasteiger partial charge in [0, 0.05) is 86.1 Å². The Balaban J connectivity index is 0.897. The van der Waals surface area contributed by atoms with E-state index >= 15 is 0 Å². The monoisotopic (exact) mass is 1220 g/mol. The molecule has 0 saturated carbocycles. The van der Waals surface area contributed by atoms with Crippen LogP contribution in [0.1, 0.15) is 0 Å². The summed E-state index contributed by atoms with van der Waals surface area (Å²) in [5, 5.41) is 9.49. The van der Waals surface area contributed by atoms with E-state index in [2.05, 4.69) is 370 Å². The molecule has 0 aromatic heterocycles. The highest BCUT2D eigenvalue weighted by Gasteiger charge is 2.48. The Morgan fingerprint density at radius 3 is 0.990 bits per heavy atom. The van der Waals surface area contributed by atoms with Crippen LogP contribution in [0.2, 0.25) is 0 Å². The van der Waals surface area contributed by atoms with Crippen molar-refractivity contribution < 1.29 is 4.74 Å². The maximum absolute atomic E-state index is 7.91. The van der Waals surface area contributed by atoms with Gasteiger partial charge in [-0.25, -0.2) is 0 Å². The molecule has 0 amide bonds. The largest absolute Gasteiger partial charge is 0.458 e. The third-order valence-electron chi connectivity index (χ3n) is 20.2. The fraction of sp³-hybridized carbons (Fsp3) is 0. The van der Waals surface area contributed by atoms with Crippen molar-refractivity contribution in [2.24, 2.45) is 0 Å². The predicted octanol–water partition coefficient (Wildman–Crippen LogP) is 19.7. The fourth-order valence-electron chi connectivity index (χ4n) is 16.1. The second kappa shape index (κ2) is 21.5. The number of benzene rings is 16. The van der Waals surface area contributed by atoms with Crippen molar-refractivity contribution in [3.05, 3.63) is 346 Å². The molecule has 4 heterocycles. The van der Waals surface area contributed by atoms with E-state index in [-0.39, 0.29) is 13.4 Å². The van der Waals surface area contributed by atoms with Crippen LogP contribution in [0.4, 0.5) is 85.3 Å². The van der Waals surface area contributed by atoms with Crippen molar-refractivity contribution in [1.29, 1.82) is 0 Å². The van der Waals surface area contributed by atoms with E-state index in [0.717, 1.165) is 108 Å². The standard InChI is InChI=1S/C88H57B2N5O/c1-6-32-66(33-7-1)91(67-34-8-2-9-35-67)73-52-82-87-83(53-73)94(71-44-42-58-24-16-18-26-60(58)46-71)79-50-64-30-22-20-28-62(64)48-75(79)89(87)77-56-78-85(57-81(77)93(82)70-40-14-5-15-41-70)96-86-55-74(92(68-36-10-3-11-37-68)69-38-12-4-13-39-69)54-84-88(86)90(78)76-49-63-29-21-23-31-65(63)51-80(76)95(84)72-45-43-59-25-17-19-27-61(59)47-72/h1-57H. The number of rotatable bonds is 9. The van der Waals surface area contributed by atoms with Gasteiger partial charge in [-0.2, -0.15) is 0 Å². The van der Waals surface area contributed by atoms with E-state index in [4.69, 9.17) is 4.74 Å². The van der Waals surface area contributed by atoms with Gasteiger partial charge in [-0.15, -0.1) is 0 Å². The number of nitrogens with zero attached hydrogens (tertiary/aromatic N) is 5. The normalized spacial score (nSPS) is 13.0. The molecule has 0 atom stereocenters. The Bertz CT molecular complexity index is 5740. The second-order valence-corrected chi connectivity index (χ2v) is 25.6. The lowest BCUT2D eigenvalue weighted by atomic mass is 9.30. The minimum atomic E-state index is -0.246. The summed E-state index contributed by atoms with van der Waals surface area (Å²) in [6, 6.07) is 128. The summed E-state index contributed by atoms with van der Waals surface area (Å²) < 4.78 is 7.91. The molecular formula is C88H57B2N5O. The highest BCUT2D eigenvalue weighted by atomic mass is 16.5. The van der Waals surface area contributed by atoms with Crippen LogP contribution in [0.15, 0.2) is 346 Å². The van der Waals surface area contributed by atoms with Gasteiger partial charge in [-0.1, -0.05) is 218 Å². The summed E-state index contributed by atoms with van der Waals surface area (Å²) in [4.78, 5) is 12.4. The highest BCUT2D eigenvalue weighted by Crippen LogP contribution is 2.52. The van der Waals surface area contributed by atoms with Crippen LogP contribution in [0.3, 0.4) is 0 Å². The maximum Gasteiger partial charge on any atom is 0.256 e. The molecule has 16 aromatic carbocycles. The molecule has 96 heavy (non-hydrogen) atoms. The zero-order valence-corrected chi connectivity index (χ0v) is 52.2. The quantitative estimate of drug-likeness (QED) is 0.134.